The van der Waals surface area contributed by atoms with E-state index < -0.39 is 0 Å². The van der Waals surface area contributed by atoms with Gasteiger partial charge in [-0.1, -0.05) is 40.5 Å². The summed E-state index contributed by atoms with van der Waals surface area (Å²) < 4.78 is 0. The van der Waals surface area contributed by atoms with E-state index in [4.69, 9.17) is 5.73 Å². The third kappa shape index (κ3) is 3.19. The molecule has 0 spiro atoms. The molecule has 1 amide bonds. The Balaban J connectivity index is 1.98. The van der Waals surface area contributed by atoms with E-state index >= 15 is 0 Å². The van der Waals surface area contributed by atoms with Gasteiger partial charge in [0.2, 0.25) is 5.91 Å². The second-order valence-electron chi connectivity index (χ2n) is 7.88. The van der Waals surface area contributed by atoms with Crippen LogP contribution in [0, 0.1) is 23.2 Å². The van der Waals surface area contributed by atoms with Crippen LogP contribution in [0.5, 0.6) is 0 Å². The van der Waals surface area contributed by atoms with Gasteiger partial charge >= 0.3 is 0 Å². The average Bonchev–Trinajstić information content (AvgIpc) is 2.36. The Morgan fingerprint density at radius 1 is 1.15 bits per heavy atom. The largest absolute Gasteiger partial charge is 0.353 e. The van der Waals surface area contributed by atoms with Crippen LogP contribution >= 0.6 is 0 Å². The summed E-state index contributed by atoms with van der Waals surface area (Å²) in [5.74, 6) is 1.54. The van der Waals surface area contributed by atoms with E-state index in [9.17, 15) is 4.79 Å². The van der Waals surface area contributed by atoms with Crippen molar-refractivity contribution in [2.24, 2.45) is 28.9 Å². The molecule has 2 aliphatic carbocycles. The number of carbonyl (C=O) groups is 1. The van der Waals surface area contributed by atoms with Crippen molar-refractivity contribution < 1.29 is 4.79 Å². The average molecular weight is 280 g/mol. The maximum Gasteiger partial charge on any atom is 0.223 e. The fourth-order valence-electron chi connectivity index (χ4n) is 4.19. The number of nitrogens with one attached hydrogen (secondary N) is 1. The van der Waals surface area contributed by atoms with Crippen LogP contribution in [-0.4, -0.2) is 18.0 Å². The zero-order valence-corrected chi connectivity index (χ0v) is 13.6. The van der Waals surface area contributed by atoms with Crippen LogP contribution < -0.4 is 11.1 Å². The minimum atomic E-state index is 0.00202. The zero-order chi connectivity index (χ0) is 14.9. The highest BCUT2D eigenvalue weighted by molar-refractivity contribution is 5.80. The van der Waals surface area contributed by atoms with Crippen molar-refractivity contribution in [3.63, 3.8) is 0 Å². The van der Waals surface area contributed by atoms with Crippen molar-refractivity contribution in [3.8, 4) is 0 Å². The van der Waals surface area contributed by atoms with Crippen LogP contribution in [0.2, 0.25) is 0 Å². The molecule has 0 bridgehead atoms. The predicted molar refractivity (Wildman–Crippen MR) is 83.2 cm³/mol. The predicted octanol–water partition coefficient (Wildman–Crippen LogP) is 3.08. The Hall–Kier alpha value is -0.570. The van der Waals surface area contributed by atoms with Gasteiger partial charge in [0.25, 0.3) is 0 Å². The van der Waals surface area contributed by atoms with E-state index in [1.54, 1.807) is 0 Å². The minimum Gasteiger partial charge on any atom is -0.353 e. The number of rotatable bonds is 2. The van der Waals surface area contributed by atoms with Crippen LogP contribution in [-0.2, 0) is 4.79 Å². The van der Waals surface area contributed by atoms with Gasteiger partial charge in [0.05, 0.1) is 0 Å². The lowest BCUT2D eigenvalue weighted by molar-refractivity contribution is -0.133. The molecule has 0 saturated heterocycles. The Morgan fingerprint density at radius 2 is 1.85 bits per heavy atom. The molecule has 0 aromatic rings. The maximum absolute atomic E-state index is 12.7. The summed E-state index contributed by atoms with van der Waals surface area (Å²) in [4.78, 5) is 12.7. The first-order valence-electron chi connectivity index (χ1n) is 8.38. The first kappa shape index (κ1) is 15.8. The van der Waals surface area contributed by atoms with E-state index in [2.05, 4.69) is 33.0 Å². The molecule has 0 aromatic heterocycles. The van der Waals surface area contributed by atoms with Crippen LogP contribution in [0.3, 0.4) is 0 Å². The standard InChI is InChI=1S/C17H32N2O/c1-11-6-5-7-13(10-11)19-16(20)14-8-9-15(18)12(2)17(14,3)4/h11-15H,5-10,18H2,1-4H3,(H,19,20). The molecule has 2 saturated carbocycles. The van der Waals surface area contributed by atoms with Gasteiger partial charge in [0.15, 0.2) is 0 Å². The van der Waals surface area contributed by atoms with Crippen molar-refractivity contribution >= 4 is 5.91 Å². The van der Waals surface area contributed by atoms with Crippen molar-refractivity contribution in [2.45, 2.75) is 78.3 Å². The van der Waals surface area contributed by atoms with E-state index in [1.165, 1.54) is 12.8 Å². The highest BCUT2D eigenvalue weighted by atomic mass is 16.2. The lowest BCUT2D eigenvalue weighted by Gasteiger charge is -2.46. The molecule has 20 heavy (non-hydrogen) atoms. The first-order chi connectivity index (χ1) is 9.32. The summed E-state index contributed by atoms with van der Waals surface area (Å²) in [6.45, 7) is 8.92. The summed E-state index contributed by atoms with van der Waals surface area (Å²) in [6, 6.07) is 0.636. The SMILES string of the molecule is CC1CCCC(NC(=O)C2CCC(N)C(C)C2(C)C)C1. The lowest BCUT2D eigenvalue weighted by Crippen LogP contribution is -2.53. The Morgan fingerprint density at radius 3 is 2.50 bits per heavy atom. The van der Waals surface area contributed by atoms with Crippen molar-refractivity contribution in [1.29, 1.82) is 0 Å². The van der Waals surface area contributed by atoms with Gasteiger partial charge in [-0.25, -0.2) is 0 Å². The molecule has 3 N–H and O–H groups in total. The van der Waals surface area contributed by atoms with Crippen LogP contribution in [0.1, 0.15) is 66.2 Å². The fraction of sp³-hybridized carbons (Fsp3) is 0.941. The second kappa shape index (κ2) is 6.05. The first-order valence-corrected chi connectivity index (χ1v) is 8.38. The number of amides is 1. The topological polar surface area (TPSA) is 55.1 Å². The second-order valence-corrected chi connectivity index (χ2v) is 7.88. The number of hydrogen-bond acceptors (Lipinski definition) is 2. The fourth-order valence-corrected chi connectivity index (χ4v) is 4.19. The van der Waals surface area contributed by atoms with Gasteiger partial charge < -0.3 is 11.1 Å². The molecule has 5 unspecified atom stereocenters. The Labute approximate surface area is 124 Å². The molecular weight excluding hydrogens is 248 g/mol. The van der Waals surface area contributed by atoms with Gasteiger partial charge in [-0.05, 0) is 42.9 Å². The van der Waals surface area contributed by atoms with Crippen LogP contribution in [0.15, 0.2) is 0 Å². The van der Waals surface area contributed by atoms with Crippen molar-refractivity contribution in [1.82, 2.24) is 5.32 Å². The normalized spacial score (nSPS) is 41.1. The molecule has 0 radical (unpaired) electrons. The minimum absolute atomic E-state index is 0.00202. The zero-order valence-electron chi connectivity index (χ0n) is 13.6. The number of hydrogen-bond donors (Lipinski definition) is 2. The smallest absolute Gasteiger partial charge is 0.223 e. The summed E-state index contributed by atoms with van der Waals surface area (Å²) in [5.41, 5.74) is 6.19. The number of carbonyl (C=O) groups excluding carboxylic acids is 1. The molecule has 2 aliphatic rings. The molecule has 3 heteroatoms. The molecule has 116 valence electrons. The molecule has 2 fully saturated rings. The van der Waals surface area contributed by atoms with Gasteiger partial charge in [-0.15, -0.1) is 0 Å². The maximum atomic E-state index is 12.7. The van der Waals surface area contributed by atoms with Crippen LogP contribution in [0.25, 0.3) is 0 Å². The van der Waals surface area contributed by atoms with E-state index in [0.717, 1.165) is 31.6 Å². The van der Waals surface area contributed by atoms with E-state index in [1.807, 2.05) is 0 Å². The highest BCUT2D eigenvalue weighted by Gasteiger charge is 2.45. The van der Waals surface area contributed by atoms with Gasteiger partial charge in [-0.3, -0.25) is 4.79 Å². The quantitative estimate of drug-likeness (QED) is 0.816. The third-order valence-electron chi connectivity index (χ3n) is 6.10. The van der Waals surface area contributed by atoms with Gasteiger partial charge in [0.1, 0.15) is 0 Å². The summed E-state index contributed by atoms with van der Waals surface area (Å²) in [5, 5.41) is 3.33. The summed E-state index contributed by atoms with van der Waals surface area (Å²) in [6.07, 6.45) is 6.78. The Bertz CT molecular complexity index is 353. The van der Waals surface area contributed by atoms with Gasteiger partial charge in [0, 0.05) is 18.0 Å². The molecule has 0 aromatic carbocycles. The molecule has 5 atom stereocenters. The monoisotopic (exact) mass is 280 g/mol. The van der Waals surface area contributed by atoms with Crippen molar-refractivity contribution in [3.05, 3.63) is 0 Å². The molecule has 2 rings (SSSR count). The Kier molecular flexibility index (Phi) is 4.78. The van der Waals surface area contributed by atoms with Crippen molar-refractivity contribution in [2.75, 3.05) is 0 Å². The lowest BCUT2D eigenvalue weighted by atomic mass is 9.61. The third-order valence-corrected chi connectivity index (χ3v) is 6.10. The number of nitrogens with two attached hydrogens (primary N) is 1. The van der Waals surface area contributed by atoms with E-state index in [0.29, 0.717) is 12.0 Å². The molecule has 3 nitrogen and oxygen atoms in total. The van der Waals surface area contributed by atoms with Gasteiger partial charge in [-0.2, -0.15) is 0 Å². The molecular formula is C17H32N2O. The summed E-state index contributed by atoms with van der Waals surface area (Å²) >= 11 is 0. The molecule has 0 heterocycles. The highest BCUT2D eigenvalue weighted by Crippen LogP contribution is 2.44. The van der Waals surface area contributed by atoms with E-state index in [-0.39, 0.29) is 23.3 Å². The van der Waals surface area contributed by atoms with Crippen LogP contribution in [0.4, 0.5) is 0 Å². The molecule has 0 aliphatic heterocycles. The summed E-state index contributed by atoms with van der Waals surface area (Å²) in [7, 11) is 0.